The van der Waals surface area contributed by atoms with Crippen LogP contribution in [-0.2, 0) is 10.0 Å². The second-order valence-electron chi connectivity index (χ2n) is 5.40. The van der Waals surface area contributed by atoms with Crippen molar-refractivity contribution in [1.82, 2.24) is 4.72 Å². The van der Waals surface area contributed by atoms with Gasteiger partial charge in [0.1, 0.15) is 12.4 Å². The molecule has 0 fully saturated rings. The molecule has 0 aliphatic rings. The summed E-state index contributed by atoms with van der Waals surface area (Å²) in [4.78, 5) is 0.351. The third-order valence-electron chi connectivity index (χ3n) is 3.36. The molecule has 2 aromatic carbocycles. The van der Waals surface area contributed by atoms with Gasteiger partial charge in [0.25, 0.3) is 0 Å². The maximum absolute atomic E-state index is 12.5. The first-order valence-corrected chi connectivity index (χ1v) is 9.54. The largest absolute Gasteiger partial charge is 0.491 e. The zero-order valence-electron chi connectivity index (χ0n) is 13.4. The summed E-state index contributed by atoms with van der Waals surface area (Å²) in [7, 11) is -3.54. The van der Waals surface area contributed by atoms with Crippen LogP contribution in [0.4, 0.5) is 0 Å². The van der Waals surface area contributed by atoms with E-state index in [0.29, 0.717) is 10.6 Å². The summed E-state index contributed by atoms with van der Waals surface area (Å²) in [6.45, 7) is 6.04. The third kappa shape index (κ3) is 4.56. The van der Waals surface area contributed by atoms with E-state index in [-0.39, 0.29) is 13.2 Å². The van der Waals surface area contributed by atoms with Crippen LogP contribution < -0.4 is 9.46 Å². The molecule has 0 atom stereocenters. The molecule has 0 saturated heterocycles. The maximum atomic E-state index is 12.5. The van der Waals surface area contributed by atoms with Crippen molar-refractivity contribution < 1.29 is 13.2 Å². The van der Waals surface area contributed by atoms with Gasteiger partial charge in [-0.05, 0) is 60.0 Å². The lowest BCUT2D eigenvalue weighted by Gasteiger charge is -2.13. The molecule has 2 rings (SSSR count). The molecule has 0 radical (unpaired) electrons. The summed E-state index contributed by atoms with van der Waals surface area (Å²) >= 11 is 3.39. The van der Waals surface area contributed by atoms with Crippen LogP contribution in [0.25, 0.3) is 0 Å². The summed E-state index contributed by atoms with van der Waals surface area (Å²) in [5, 5.41) is 0. The van der Waals surface area contributed by atoms with E-state index in [1.165, 1.54) is 0 Å². The van der Waals surface area contributed by atoms with E-state index in [1.807, 2.05) is 57.2 Å². The van der Waals surface area contributed by atoms with E-state index < -0.39 is 10.0 Å². The Morgan fingerprint density at radius 2 is 1.70 bits per heavy atom. The van der Waals surface area contributed by atoms with Gasteiger partial charge in [0.15, 0.2) is 0 Å². The van der Waals surface area contributed by atoms with Gasteiger partial charge < -0.3 is 4.74 Å². The molecule has 4 nitrogen and oxygen atoms in total. The topological polar surface area (TPSA) is 55.4 Å². The Morgan fingerprint density at radius 1 is 1.09 bits per heavy atom. The highest BCUT2D eigenvalue weighted by atomic mass is 79.9. The monoisotopic (exact) mass is 397 g/mol. The van der Waals surface area contributed by atoms with Crippen LogP contribution in [0.3, 0.4) is 0 Å². The summed E-state index contributed by atoms with van der Waals surface area (Å²) in [6.07, 6.45) is 0. The lowest BCUT2D eigenvalue weighted by molar-refractivity contribution is 0.321. The molecule has 0 heterocycles. The molecule has 0 unspecified atom stereocenters. The number of hydrogen-bond donors (Lipinski definition) is 1. The standard InChI is InChI=1S/C17H20BrNO3S/c1-12-10-13(2)17(14(3)11-12)23(20,21)19-8-9-22-16-7-5-4-6-15(16)18/h4-7,10-11,19H,8-9H2,1-3H3. The minimum atomic E-state index is -3.54. The fraction of sp³-hybridized carbons (Fsp3) is 0.294. The molecule has 1 N–H and O–H groups in total. The van der Waals surface area contributed by atoms with Crippen molar-refractivity contribution in [2.45, 2.75) is 25.7 Å². The smallest absolute Gasteiger partial charge is 0.241 e. The molecular weight excluding hydrogens is 378 g/mol. The van der Waals surface area contributed by atoms with E-state index in [1.54, 1.807) is 0 Å². The Labute approximate surface area is 146 Å². The number of nitrogens with one attached hydrogen (secondary N) is 1. The van der Waals surface area contributed by atoms with Crippen LogP contribution in [0.15, 0.2) is 45.8 Å². The first-order valence-electron chi connectivity index (χ1n) is 7.26. The Bertz CT molecular complexity index is 780. The predicted octanol–water partition coefficient (Wildman–Crippen LogP) is 3.73. The average molecular weight is 398 g/mol. The van der Waals surface area contributed by atoms with Crippen molar-refractivity contribution >= 4 is 26.0 Å². The van der Waals surface area contributed by atoms with E-state index >= 15 is 0 Å². The van der Waals surface area contributed by atoms with Gasteiger partial charge in [0.05, 0.1) is 9.37 Å². The number of halogens is 1. The van der Waals surface area contributed by atoms with Crippen LogP contribution in [0.1, 0.15) is 16.7 Å². The summed E-state index contributed by atoms with van der Waals surface area (Å²) in [5.41, 5.74) is 2.56. The van der Waals surface area contributed by atoms with E-state index in [4.69, 9.17) is 4.74 Å². The van der Waals surface area contributed by atoms with Crippen molar-refractivity contribution in [1.29, 1.82) is 0 Å². The molecule has 0 spiro atoms. The normalized spacial score (nSPS) is 11.5. The molecule has 0 aliphatic heterocycles. The van der Waals surface area contributed by atoms with Crippen LogP contribution in [0.2, 0.25) is 0 Å². The van der Waals surface area contributed by atoms with Gasteiger partial charge >= 0.3 is 0 Å². The molecule has 0 aliphatic carbocycles. The maximum Gasteiger partial charge on any atom is 0.241 e. The average Bonchev–Trinajstić information content (AvgIpc) is 2.43. The van der Waals surface area contributed by atoms with Crippen molar-refractivity contribution in [3.8, 4) is 5.75 Å². The van der Waals surface area contributed by atoms with Crippen LogP contribution in [0.5, 0.6) is 5.75 Å². The minimum absolute atomic E-state index is 0.205. The fourth-order valence-electron chi connectivity index (χ4n) is 2.56. The van der Waals surface area contributed by atoms with E-state index in [0.717, 1.165) is 21.2 Å². The number of hydrogen-bond acceptors (Lipinski definition) is 3. The Balaban J connectivity index is 2.02. The zero-order chi connectivity index (χ0) is 17.0. The zero-order valence-corrected chi connectivity index (χ0v) is 15.8. The molecule has 6 heteroatoms. The highest BCUT2D eigenvalue weighted by molar-refractivity contribution is 9.10. The SMILES string of the molecule is Cc1cc(C)c(S(=O)(=O)NCCOc2ccccc2Br)c(C)c1. The van der Waals surface area contributed by atoms with Gasteiger partial charge in [-0.15, -0.1) is 0 Å². The van der Waals surface area contributed by atoms with Crippen molar-refractivity contribution in [3.63, 3.8) is 0 Å². The quantitative estimate of drug-likeness (QED) is 0.755. The number of sulfonamides is 1. The van der Waals surface area contributed by atoms with Gasteiger partial charge in [-0.3, -0.25) is 0 Å². The van der Waals surface area contributed by atoms with E-state index in [2.05, 4.69) is 20.7 Å². The molecule has 0 bridgehead atoms. The lowest BCUT2D eigenvalue weighted by atomic mass is 10.1. The molecule has 2 aromatic rings. The first-order chi connectivity index (χ1) is 10.8. The highest BCUT2D eigenvalue weighted by Gasteiger charge is 2.19. The van der Waals surface area contributed by atoms with Crippen LogP contribution in [0, 0.1) is 20.8 Å². The van der Waals surface area contributed by atoms with Crippen LogP contribution >= 0.6 is 15.9 Å². The van der Waals surface area contributed by atoms with Crippen molar-refractivity contribution in [2.24, 2.45) is 0 Å². The number of aryl methyl sites for hydroxylation is 3. The predicted molar refractivity (Wildman–Crippen MR) is 95.5 cm³/mol. The lowest BCUT2D eigenvalue weighted by Crippen LogP contribution is -2.29. The van der Waals surface area contributed by atoms with Crippen molar-refractivity contribution in [3.05, 3.63) is 57.6 Å². The molecule has 0 saturated carbocycles. The second kappa shape index (κ2) is 7.47. The Morgan fingerprint density at radius 3 is 2.30 bits per heavy atom. The van der Waals surface area contributed by atoms with Crippen molar-refractivity contribution in [2.75, 3.05) is 13.2 Å². The summed E-state index contributed by atoms with van der Waals surface area (Å²) in [5.74, 6) is 0.689. The third-order valence-corrected chi connectivity index (χ3v) is 5.78. The molecule has 0 aromatic heterocycles. The number of benzene rings is 2. The number of para-hydroxylation sites is 1. The van der Waals surface area contributed by atoms with E-state index in [9.17, 15) is 8.42 Å². The Hall–Kier alpha value is -1.37. The minimum Gasteiger partial charge on any atom is -0.491 e. The van der Waals surface area contributed by atoms with Gasteiger partial charge in [-0.1, -0.05) is 29.8 Å². The number of rotatable bonds is 6. The Kier molecular flexibility index (Phi) is 5.84. The molecular formula is C17H20BrNO3S. The highest BCUT2D eigenvalue weighted by Crippen LogP contribution is 2.24. The second-order valence-corrected chi connectivity index (χ2v) is 7.96. The summed E-state index contributed by atoms with van der Waals surface area (Å²) < 4.78 is 34.0. The number of ether oxygens (including phenoxy) is 1. The van der Waals surface area contributed by atoms with Gasteiger partial charge in [-0.25, -0.2) is 13.1 Å². The summed E-state index contributed by atoms with van der Waals surface area (Å²) in [6, 6.07) is 11.2. The molecule has 0 amide bonds. The van der Waals surface area contributed by atoms with Gasteiger partial charge in [0, 0.05) is 6.54 Å². The molecule has 124 valence electrons. The van der Waals surface area contributed by atoms with Crippen LogP contribution in [-0.4, -0.2) is 21.6 Å². The van der Waals surface area contributed by atoms with Gasteiger partial charge in [-0.2, -0.15) is 0 Å². The first kappa shape index (κ1) is 18.0. The molecule has 23 heavy (non-hydrogen) atoms. The van der Waals surface area contributed by atoms with Gasteiger partial charge in [0.2, 0.25) is 10.0 Å². The fourth-order valence-corrected chi connectivity index (χ4v) is 4.42.